The van der Waals surface area contributed by atoms with Crippen molar-refractivity contribution in [2.75, 3.05) is 24.4 Å². The maximum absolute atomic E-state index is 10.8. The van der Waals surface area contributed by atoms with E-state index in [9.17, 15) is 4.79 Å². The standard InChI is InChI=1S/C9H13N3O2/c1-12(2)7-5-3-4-6(9(13)14)8(7)11-10/h3-5,11H,10H2,1-2H3,(H,13,14). The number of hydrogen-bond acceptors (Lipinski definition) is 4. The molecule has 1 aromatic carbocycles. The number of nitrogen functional groups attached to an aromatic ring is 1. The lowest BCUT2D eigenvalue weighted by Crippen LogP contribution is -2.18. The summed E-state index contributed by atoms with van der Waals surface area (Å²) in [5.41, 5.74) is 3.73. The van der Waals surface area contributed by atoms with Gasteiger partial charge in [-0.1, -0.05) is 6.07 Å². The van der Waals surface area contributed by atoms with Crippen LogP contribution in [0.3, 0.4) is 0 Å². The monoisotopic (exact) mass is 195 g/mol. The Morgan fingerprint density at radius 2 is 2.14 bits per heavy atom. The molecule has 0 radical (unpaired) electrons. The fourth-order valence-corrected chi connectivity index (χ4v) is 1.24. The molecule has 0 fully saturated rings. The molecule has 4 N–H and O–H groups in total. The Hall–Kier alpha value is -1.75. The fraction of sp³-hybridized carbons (Fsp3) is 0.222. The van der Waals surface area contributed by atoms with Gasteiger partial charge in [0, 0.05) is 14.1 Å². The van der Waals surface area contributed by atoms with E-state index in [1.54, 1.807) is 17.0 Å². The van der Waals surface area contributed by atoms with E-state index in [1.807, 2.05) is 14.1 Å². The second kappa shape index (κ2) is 3.97. The number of para-hydroxylation sites is 1. The molecule has 0 aliphatic rings. The number of nitrogens with one attached hydrogen (secondary N) is 1. The number of hydrazine groups is 1. The maximum atomic E-state index is 10.8. The van der Waals surface area contributed by atoms with Crippen LogP contribution in [0.4, 0.5) is 11.4 Å². The second-order valence-corrected chi connectivity index (χ2v) is 3.04. The molecule has 0 amide bonds. The Bertz CT molecular complexity index is 350. The lowest BCUT2D eigenvalue weighted by Gasteiger charge is -2.18. The molecule has 0 aliphatic heterocycles. The quantitative estimate of drug-likeness (QED) is 0.489. The largest absolute Gasteiger partial charge is 0.478 e. The lowest BCUT2D eigenvalue weighted by atomic mass is 10.1. The van der Waals surface area contributed by atoms with Gasteiger partial charge in [-0.2, -0.15) is 0 Å². The zero-order chi connectivity index (χ0) is 10.7. The first-order chi connectivity index (χ1) is 6.57. The lowest BCUT2D eigenvalue weighted by molar-refractivity contribution is 0.0698. The molecule has 14 heavy (non-hydrogen) atoms. The van der Waals surface area contributed by atoms with E-state index >= 15 is 0 Å². The van der Waals surface area contributed by atoms with Crippen molar-refractivity contribution < 1.29 is 9.90 Å². The van der Waals surface area contributed by atoms with Crippen molar-refractivity contribution in [1.29, 1.82) is 0 Å². The van der Waals surface area contributed by atoms with Crippen molar-refractivity contribution in [2.45, 2.75) is 0 Å². The van der Waals surface area contributed by atoms with Gasteiger partial charge in [-0.3, -0.25) is 5.84 Å². The Balaban J connectivity index is 3.32. The predicted molar refractivity (Wildman–Crippen MR) is 55.5 cm³/mol. The van der Waals surface area contributed by atoms with Gasteiger partial charge < -0.3 is 15.4 Å². The number of anilines is 2. The van der Waals surface area contributed by atoms with Gasteiger partial charge in [-0.15, -0.1) is 0 Å². The van der Waals surface area contributed by atoms with Crippen molar-refractivity contribution in [3.8, 4) is 0 Å². The molecule has 1 rings (SSSR count). The molecule has 0 atom stereocenters. The first-order valence-electron chi connectivity index (χ1n) is 4.08. The average Bonchev–Trinajstić information content (AvgIpc) is 2.16. The van der Waals surface area contributed by atoms with E-state index < -0.39 is 5.97 Å². The van der Waals surface area contributed by atoms with Crippen LogP contribution in [-0.4, -0.2) is 25.2 Å². The molecule has 5 heteroatoms. The van der Waals surface area contributed by atoms with Crippen LogP contribution >= 0.6 is 0 Å². The number of rotatable bonds is 3. The van der Waals surface area contributed by atoms with Crippen LogP contribution in [0.1, 0.15) is 10.4 Å². The molecule has 0 aromatic heterocycles. The van der Waals surface area contributed by atoms with Crippen molar-refractivity contribution >= 4 is 17.3 Å². The molecule has 0 unspecified atom stereocenters. The minimum atomic E-state index is -0.998. The molecule has 0 heterocycles. The summed E-state index contributed by atoms with van der Waals surface area (Å²) in [7, 11) is 3.64. The minimum absolute atomic E-state index is 0.165. The van der Waals surface area contributed by atoms with Crippen LogP contribution in [0, 0.1) is 0 Å². The number of carboxylic acid groups (broad SMARTS) is 1. The van der Waals surface area contributed by atoms with Crippen LogP contribution in [0.15, 0.2) is 18.2 Å². The van der Waals surface area contributed by atoms with Crippen LogP contribution in [0.5, 0.6) is 0 Å². The Morgan fingerprint density at radius 1 is 1.50 bits per heavy atom. The zero-order valence-corrected chi connectivity index (χ0v) is 8.11. The normalized spacial score (nSPS) is 9.64. The van der Waals surface area contributed by atoms with Gasteiger partial charge in [0.15, 0.2) is 0 Å². The summed E-state index contributed by atoms with van der Waals surface area (Å²) in [4.78, 5) is 12.6. The highest BCUT2D eigenvalue weighted by atomic mass is 16.4. The smallest absolute Gasteiger partial charge is 0.337 e. The summed E-state index contributed by atoms with van der Waals surface area (Å²) in [6, 6.07) is 4.98. The van der Waals surface area contributed by atoms with Crippen LogP contribution < -0.4 is 16.2 Å². The average molecular weight is 195 g/mol. The third-order valence-corrected chi connectivity index (χ3v) is 1.90. The number of benzene rings is 1. The highest BCUT2D eigenvalue weighted by molar-refractivity contribution is 5.97. The van der Waals surface area contributed by atoms with Crippen LogP contribution in [-0.2, 0) is 0 Å². The van der Waals surface area contributed by atoms with Gasteiger partial charge in [0.1, 0.15) is 0 Å². The van der Waals surface area contributed by atoms with Crippen molar-refractivity contribution in [2.24, 2.45) is 5.84 Å². The summed E-state index contributed by atoms with van der Waals surface area (Å²) in [6.45, 7) is 0. The summed E-state index contributed by atoms with van der Waals surface area (Å²) >= 11 is 0. The molecular formula is C9H13N3O2. The molecule has 0 spiro atoms. The van der Waals surface area contributed by atoms with Crippen molar-refractivity contribution in [3.05, 3.63) is 23.8 Å². The predicted octanol–water partition coefficient (Wildman–Crippen LogP) is 0.736. The fourth-order valence-electron chi connectivity index (χ4n) is 1.24. The summed E-state index contributed by atoms with van der Waals surface area (Å²) in [5, 5.41) is 8.89. The summed E-state index contributed by atoms with van der Waals surface area (Å²) in [5.74, 6) is 4.29. The first kappa shape index (κ1) is 10.3. The SMILES string of the molecule is CN(C)c1cccc(C(=O)O)c1NN. The molecule has 76 valence electrons. The first-order valence-corrected chi connectivity index (χ1v) is 4.08. The van der Waals surface area contributed by atoms with Gasteiger partial charge in [0.05, 0.1) is 16.9 Å². The molecule has 0 saturated heterocycles. The summed E-state index contributed by atoms with van der Waals surface area (Å²) < 4.78 is 0. The van der Waals surface area contributed by atoms with Crippen molar-refractivity contribution in [3.63, 3.8) is 0 Å². The van der Waals surface area contributed by atoms with E-state index in [2.05, 4.69) is 5.43 Å². The third-order valence-electron chi connectivity index (χ3n) is 1.90. The number of nitrogens with two attached hydrogens (primary N) is 1. The Labute approximate surface area is 82.1 Å². The Morgan fingerprint density at radius 3 is 2.57 bits per heavy atom. The van der Waals surface area contributed by atoms with Gasteiger partial charge in [0.2, 0.25) is 0 Å². The van der Waals surface area contributed by atoms with Gasteiger partial charge in [-0.25, -0.2) is 4.79 Å². The van der Waals surface area contributed by atoms with E-state index in [0.29, 0.717) is 5.69 Å². The van der Waals surface area contributed by atoms with Gasteiger partial charge in [-0.05, 0) is 12.1 Å². The molecular weight excluding hydrogens is 182 g/mol. The van der Waals surface area contributed by atoms with E-state index in [0.717, 1.165) is 5.69 Å². The molecule has 5 nitrogen and oxygen atoms in total. The maximum Gasteiger partial charge on any atom is 0.337 e. The summed E-state index contributed by atoms with van der Waals surface area (Å²) in [6.07, 6.45) is 0. The van der Waals surface area contributed by atoms with Gasteiger partial charge in [0.25, 0.3) is 0 Å². The van der Waals surface area contributed by atoms with Crippen molar-refractivity contribution in [1.82, 2.24) is 0 Å². The Kier molecular flexibility index (Phi) is 2.93. The molecule has 1 aromatic rings. The second-order valence-electron chi connectivity index (χ2n) is 3.04. The number of carbonyl (C=O) groups is 1. The van der Waals surface area contributed by atoms with E-state index in [4.69, 9.17) is 10.9 Å². The number of hydrogen-bond donors (Lipinski definition) is 3. The third kappa shape index (κ3) is 1.77. The number of nitrogens with zero attached hydrogens (tertiary/aromatic N) is 1. The van der Waals surface area contributed by atoms with Crippen LogP contribution in [0.25, 0.3) is 0 Å². The van der Waals surface area contributed by atoms with E-state index in [1.165, 1.54) is 6.07 Å². The zero-order valence-electron chi connectivity index (χ0n) is 8.11. The van der Waals surface area contributed by atoms with Crippen LogP contribution in [0.2, 0.25) is 0 Å². The molecule has 0 aliphatic carbocycles. The number of aromatic carboxylic acids is 1. The molecule has 0 bridgehead atoms. The highest BCUT2D eigenvalue weighted by Crippen LogP contribution is 2.27. The number of carboxylic acids is 1. The topological polar surface area (TPSA) is 78.6 Å². The van der Waals surface area contributed by atoms with Gasteiger partial charge >= 0.3 is 5.97 Å². The molecule has 0 saturated carbocycles. The van der Waals surface area contributed by atoms with E-state index in [-0.39, 0.29) is 5.56 Å². The highest BCUT2D eigenvalue weighted by Gasteiger charge is 2.13. The minimum Gasteiger partial charge on any atom is -0.478 e.